The Morgan fingerprint density at radius 2 is 1.74 bits per heavy atom. The maximum Gasteiger partial charge on any atom is 0.308 e. The molecule has 0 aliphatic carbocycles. The van der Waals surface area contributed by atoms with Crippen LogP contribution in [0.5, 0.6) is 0 Å². The fraction of sp³-hybridized carbons (Fsp3) is 0.696. The van der Waals surface area contributed by atoms with Gasteiger partial charge in [-0.25, -0.2) is 0 Å². The second kappa shape index (κ2) is 7.79. The number of rotatable bonds is 6. The molecule has 0 N–H and O–H groups in total. The minimum atomic E-state index is -0.866. The highest BCUT2D eigenvalue weighted by Crippen LogP contribution is 2.52. The third kappa shape index (κ3) is 3.50. The largest absolute Gasteiger partial charge is 0.469 e. The highest BCUT2D eigenvalue weighted by atomic mass is 16.8. The van der Waals surface area contributed by atoms with Crippen molar-refractivity contribution in [3.05, 3.63) is 35.9 Å². The molecular weight excluding hydrogens is 404 g/mol. The second-order valence-electron chi connectivity index (χ2n) is 9.12. The third-order valence-electron chi connectivity index (χ3n) is 7.08. The zero-order valence-corrected chi connectivity index (χ0v) is 17.5. The molecule has 6 heterocycles. The van der Waals surface area contributed by atoms with Crippen molar-refractivity contribution in [1.82, 2.24) is 0 Å². The van der Waals surface area contributed by atoms with E-state index in [9.17, 15) is 4.79 Å². The first-order valence-corrected chi connectivity index (χ1v) is 11.1. The molecule has 6 saturated heterocycles. The molecule has 9 atom stereocenters. The molecule has 0 saturated carbocycles. The summed E-state index contributed by atoms with van der Waals surface area (Å²) in [5.41, 5.74) is 1.10. The lowest BCUT2D eigenvalue weighted by Crippen LogP contribution is -2.62. The van der Waals surface area contributed by atoms with E-state index in [1.165, 1.54) is 7.11 Å². The lowest BCUT2D eigenvalue weighted by Gasteiger charge is -2.47. The summed E-state index contributed by atoms with van der Waals surface area (Å²) < 4.78 is 42.9. The summed E-state index contributed by atoms with van der Waals surface area (Å²) in [4.78, 5) is 11.8. The highest BCUT2D eigenvalue weighted by Gasteiger charge is 2.68. The lowest BCUT2D eigenvalue weighted by atomic mass is 9.87. The van der Waals surface area contributed by atoms with Crippen molar-refractivity contribution >= 4 is 5.97 Å². The van der Waals surface area contributed by atoms with Gasteiger partial charge in [0.25, 0.3) is 0 Å². The molecule has 0 radical (unpaired) electrons. The van der Waals surface area contributed by atoms with Crippen LogP contribution in [0.4, 0.5) is 0 Å². The van der Waals surface area contributed by atoms with Crippen molar-refractivity contribution in [2.24, 2.45) is 0 Å². The Bertz CT molecular complexity index is 817. The highest BCUT2D eigenvalue weighted by molar-refractivity contribution is 5.69. The number of hydrogen-bond donors (Lipinski definition) is 0. The number of hydrogen-bond acceptors (Lipinski definition) is 8. The van der Waals surface area contributed by atoms with E-state index in [2.05, 4.69) is 0 Å². The first kappa shape index (κ1) is 20.1. The van der Waals surface area contributed by atoms with E-state index in [4.69, 9.17) is 33.2 Å². The molecule has 31 heavy (non-hydrogen) atoms. The van der Waals surface area contributed by atoms with Gasteiger partial charge in [0.15, 0.2) is 5.79 Å². The van der Waals surface area contributed by atoms with E-state index in [0.29, 0.717) is 19.6 Å². The van der Waals surface area contributed by atoms with Crippen LogP contribution >= 0.6 is 0 Å². The molecule has 0 aromatic heterocycles. The maximum absolute atomic E-state index is 11.8. The predicted octanol–water partition coefficient (Wildman–Crippen LogP) is 1.73. The Hall–Kier alpha value is -1.55. The third-order valence-corrected chi connectivity index (χ3v) is 7.08. The fourth-order valence-electron chi connectivity index (χ4n) is 5.70. The molecular formula is C23H28O8. The van der Waals surface area contributed by atoms with E-state index in [1.54, 1.807) is 0 Å². The van der Waals surface area contributed by atoms with Gasteiger partial charge < -0.3 is 33.2 Å². The molecule has 7 rings (SSSR count). The van der Waals surface area contributed by atoms with Crippen LogP contribution in [0.25, 0.3) is 0 Å². The smallest absolute Gasteiger partial charge is 0.308 e. The molecule has 8 heteroatoms. The summed E-state index contributed by atoms with van der Waals surface area (Å²) in [6.45, 7) is 0.806. The molecule has 0 spiro atoms. The summed E-state index contributed by atoms with van der Waals surface area (Å²) in [6, 6.07) is 10.0. The number of ether oxygens (including phenoxy) is 7. The van der Waals surface area contributed by atoms with Gasteiger partial charge in [0, 0.05) is 6.42 Å². The Balaban J connectivity index is 1.19. The molecule has 6 fully saturated rings. The second-order valence-corrected chi connectivity index (χ2v) is 9.12. The fourth-order valence-corrected chi connectivity index (χ4v) is 5.70. The van der Waals surface area contributed by atoms with E-state index >= 15 is 0 Å². The van der Waals surface area contributed by atoms with Crippen LogP contribution in [0.3, 0.4) is 0 Å². The zero-order valence-electron chi connectivity index (χ0n) is 17.5. The Labute approximate surface area is 181 Å². The molecule has 8 nitrogen and oxygen atoms in total. The number of fused-ring (bicyclic) bond motifs is 1. The number of benzene rings is 1. The summed E-state index contributed by atoms with van der Waals surface area (Å²) in [5.74, 6) is -1.14. The Morgan fingerprint density at radius 3 is 2.58 bits per heavy atom. The van der Waals surface area contributed by atoms with Gasteiger partial charge in [0.2, 0.25) is 0 Å². The predicted molar refractivity (Wildman–Crippen MR) is 105 cm³/mol. The van der Waals surface area contributed by atoms with Crippen molar-refractivity contribution in [1.29, 1.82) is 0 Å². The summed E-state index contributed by atoms with van der Waals surface area (Å²) in [5, 5.41) is 0. The van der Waals surface area contributed by atoms with Gasteiger partial charge in [-0.1, -0.05) is 30.3 Å². The van der Waals surface area contributed by atoms with Crippen LogP contribution in [-0.2, 0) is 44.6 Å². The number of methoxy groups -OCH3 is 1. The monoisotopic (exact) mass is 432 g/mol. The Morgan fingerprint density at radius 1 is 0.968 bits per heavy atom. The minimum Gasteiger partial charge on any atom is -0.469 e. The van der Waals surface area contributed by atoms with Crippen molar-refractivity contribution in [3.63, 3.8) is 0 Å². The number of esters is 1. The van der Waals surface area contributed by atoms with E-state index in [-0.39, 0.29) is 61.2 Å². The quantitative estimate of drug-likeness (QED) is 0.629. The van der Waals surface area contributed by atoms with Gasteiger partial charge in [0.05, 0.1) is 38.4 Å². The molecule has 0 amide bonds. The first-order valence-electron chi connectivity index (χ1n) is 11.1. The Kier molecular flexibility index (Phi) is 5.05. The first-order chi connectivity index (χ1) is 15.1. The topological polar surface area (TPSA) is 81.7 Å². The SMILES string of the molecule is COC(=O)C[C@H]1CC[C@@H]2O[C@@H]3[C@H]4O[C@@H]5C[C@](COCc6ccccc6)(O[C@H]4[C@H]2O1)O[C@H]35. The van der Waals surface area contributed by atoms with Crippen molar-refractivity contribution in [2.75, 3.05) is 13.7 Å². The normalized spacial score (nSPS) is 44.7. The van der Waals surface area contributed by atoms with Crippen molar-refractivity contribution in [3.8, 4) is 0 Å². The van der Waals surface area contributed by atoms with Crippen LogP contribution in [-0.4, -0.2) is 74.3 Å². The molecule has 0 unspecified atom stereocenters. The van der Waals surface area contributed by atoms with Gasteiger partial charge in [-0.2, -0.15) is 0 Å². The van der Waals surface area contributed by atoms with Crippen LogP contribution in [0.1, 0.15) is 31.2 Å². The minimum absolute atomic E-state index is 0.0636. The number of carbonyl (C=O) groups excluding carboxylic acids is 1. The van der Waals surface area contributed by atoms with E-state index < -0.39 is 5.79 Å². The van der Waals surface area contributed by atoms with E-state index in [0.717, 1.165) is 18.4 Å². The van der Waals surface area contributed by atoms with Gasteiger partial charge in [-0.3, -0.25) is 4.79 Å². The molecule has 6 aliphatic heterocycles. The van der Waals surface area contributed by atoms with Crippen LogP contribution in [0.2, 0.25) is 0 Å². The van der Waals surface area contributed by atoms with Gasteiger partial charge >= 0.3 is 5.97 Å². The van der Waals surface area contributed by atoms with Crippen molar-refractivity contribution in [2.45, 2.75) is 86.9 Å². The van der Waals surface area contributed by atoms with E-state index in [1.807, 2.05) is 30.3 Å². The summed E-state index contributed by atoms with van der Waals surface area (Å²) >= 11 is 0. The van der Waals surface area contributed by atoms with Crippen LogP contribution < -0.4 is 0 Å². The summed E-state index contributed by atoms with van der Waals surface area (Å²) in [6.07, 6.45) is 0.881. The molecule has 1 aromatic rings. The van der Waals surface area contributed by atoms with Crippen LogP contribution in [0.15, 0.2) is 30.3 Å². The van der Waals surface area contributed by atoms with Gasteiger partial charge in [-0.15, -0.1) is 0 Å². The molecule has 6 bridgehead atoms. The average molecular weight is 432 g/mol. The molecule has 1 aromatic carbocycles. The number of carbonyl (C=O) groups is 1. The summed E-state index contributed by atoms with van der Waals surface area (Å²) in [7, 11) is 1.40. The molecule has 168 valence electrons. The molecule has 6 aliphatic rings. The lowest BCUT2D eigenvalue weighted by molar-refractivity contribution is -0.301. The van der Waals surface area contributed by atoms with Crippen molar-refractivity contribution < 1.29 is 38.0 Å². The average Bonchev–Trinajstić information content (AvgIpc) is 3.19. The van der Waals surface area contributed by atoms with Crippen LogP contribution in [0, 0.1) is 0 Å². The van der Waals surface area contributed by atoms with Gasteiger partial charge in [0.1, 0.15) is 37.1 Å². The maximum atomic E-state index is 11.8. The zero-order chi connectivity index (χ0) is 21.0. The standard InChI is InChI=1S/C23H28O8/c1-25-17(24)9-14-7-8-15-18(27-14)22-21-20(28-15)19-16(29-21)10-23(30-19,31-22)12-26-11-13-5-3-2-4-6-13/h2-6,14-16,18-22H,7-12H2,1H3/t14-,15+,16-,18+,19+,20+,21-,22+,23-/m1/s1. The van der Waals surface area contributed by atoms with Gasteiger partial charge in [-0.05, 0) is 18.4 Å².